The molecule has 0 unspecified atom stereocenters. The Morgan fingerprint density at radius 3 is 1.12 bits per heavy atom. The number of aliphatic hydroxyl groups excluding tert-OH is 1. The van der Waals surface area contributed by atoms with E-state index >= 15 is 0 Å². The van der Waals surface area contributed by atoms with E-state index in [0.717, 1.165) is 32.1 Å². The molecule has 0 radical (unpaired) electrons. The summed E-state index contributed by atoms with van der Waals surface area (Å²) in [7, 11) is 0. The van der Waals surface area contributed by atoms with Crippen LogP contribution in [0.15, 0.2) is 12.2 Å². The third-order valence-electron chi connectivity index (χ3n) is 9.56. The van der Waals surface area contributed by atoms with Crippen molar-refractivity contribution in [3.8, 4) is 0 Å². The smallest absolute Gasteiger partial charge is 0.306 e. The van der Waals surface area contributed by atoms with E-state index in [4.69, 9.17) is 9.47 Å². The number of rotatable bonds is 39. The molecule has 0 aromatic heterocycles. The summed E-state index contributed by atoms with van der Waals surface area (Å²) in [6.45, 7) is 4.16. The largest absolute Gasteiger partial charge is 0.462 e. The van der Waals surface area contributed by atoms with E-state index in [9.17, 15) is 14.7 Å². The number of esters is 2. The number of hydrogen-bond donors (Lipinski definition) is 1. The molecular weight excluding hydrogens is 596 g/mol. The normalized spacial score (nSPS) is 12.1. The van der Waals surface area contributed by atoms with E-state index in [-0.39, 0.29) is 25.2 Å². The van der Waals surface area contributed by atoms with Crippen molar-refractivity contribution < 1.29 is 24.2 Å². The molecule has 1 atom stereocenters. The first-order valence-electron chi connectivity index (χ1n) is 21.2. The van der Waals surface area contributed by atoms with Crippen molar-refractivity contribution in [2.24, 2.45) is 0 Å². The first-order chi connectivity index (χ1) is 23.6. The highest BCUT2D eigenvalue weighted by Crippen LogP contribution is 2.15. The van der Waals surface area contributed by atoms with Crippen molar-refractivity contribution in [3.63, 3.8) is 0 Å². The molecule has 0 aromatic rings. The molecule has 0 fully saturated rings. The lowest BCUT2D eigenvalue weighted by Crippen LogP contribution is -2.28. The second kappa shape index (κ2) is 40.1. The number of hydrogen-bond acceptors (Lipinski definition) is 5. The monoisotopic (exact) mass is 679 g/mol. The number of allylic oxidation sites excluding steroid dienone is 2. The zero-order chi connectivity index (χ0) is 35.0. The molecule has 0 heterocycles. The summed E-state index contributed by atoms with van der Waals surface area (Å²) in [5, 5.41) is 9.57. The fourth-order valence-electron chi connectivity index (χ4n) is 6.31. The van der Waals surface area contributed by atoms with E-state index in [1.807, 2.05) is 0 Å². The fourth-order valence-corrected chi connectivity index (χ4v) is 6.31. The molecule has 1 N–H and O–H groups in total. The molecule has 48 heavy (non-hydrogen) atoms. The van der Waals surface area contributed by atoms with Gasteiger partial charge >= 0.3 is 11.9 Å². The summed E-state index contributed by atoms with van der Waals surface area (Å²) in [4.78, 5) is 24.3. The maximum absolute atomic E-state index is 12.2. The topological polar surface area (TPSA) is 72.8 Å². The van der Waals surface area contributed by atoms with Crippen LogP contribution >= 0.6 is 0 Å². The van der Waals surface area contributed by atoms with Crippen molar-refractivity contribution in [2.75, 3.05) is 13.2 Å². The van der Waals surface area contributed by atoms with E-state index in [2.05, 4.69) is 26.0 Å². The van der Waals surface area contributed by atoms with Gasteiger partial charge in [-0.2, -0.15) is 0 Å². The van der Waals surface area contributed by atoms with Crippen molar-refractivity contribution >= 4 is 11.9 Å². The predicted molar refractivity (Wildman–Crippen MR) is 205 cm³/mol. The molecule has 0 amide bonds. The van der Waals surface area contributed by atoms with Crippen LogP contribution in [0.5, 0.6) is 0 Å². The van der Waals surface area contributed by atoms with Crippen LogP contribution in [0.3, 0.4) is 0 Å². The second-order valence-electron chi connectivity index (χ2n) is 14.4. The Balaban J connectivity index is 3.50. The zero-order valence-corrected chi connectivity index (χ0v) is 32.3. The first-order valence-corrected chi connectivity index (χ1v) is 21.2. The van der Waals surface area contributed by atoms with Gasteiger partial charge in [0.05, 0.1) is 6.61 Å². The van der Waals surface area contributed by atoms with Gasteiger partial charge in [-0.15, -0.1) is 0 Å². The second-order valence-corrected chi connectivity index (χ2v) is 14.4. The van der Waals surface area contributed by atoms with Gasteiger partial charge in [-0.3, -0.25) is 9.59 Å². The predicted octanol–water partition coefficient (Wildman–Crippen LogP) is 13.3. The van der Waals surface area contributed by atoms with Gasteiger partial charge in [0.15, 0.2) is 6.10 Å². The van der Waals surface area contributed by atoms with Gasteiger partial charge in [-0.1, -0.05) is 193 Å². The van der Waals surface area contributed by atoms with Crippen molar-refractivity contribution in [1.29, 1.82) is 0 Å². The number of carbonyl (C=O) groups excluding carboxylic acids is 2. The third kappa shape index (κ3) is 37.5. The molecular formula is C43H82O5. The number of aliphatic hydroxyl groups is 1. The summed E-state index contributed by atoms with van der Waals surface area (Å²) in [5.41, 5.74) is 0. The molecule has 0 bridgehead atoms. The Hall–Kier alpha value is -1.36. The fraction of sp³-hybridized carbons (Fsp3) is 0.907. The maximum atomic E-state index is 12.2. The minimum atomic E-state index is -0.765. The van der Waals surface area contributed by atoms with Crippen LogP contribution in [0.2, 0.25) is 0 Å². The van der Waals surface area contributed by atoms with Crippen molar-refractivity contribution in [1.82, 2.24) is 0 Å². The van der Waals surface area contributed by atoms with Crippen LogP contribution in [-0.2, 0) is 19.1 Å². The number of carbonyl (C=O) groups is 2. The van der Waals surface area contributed by atoms with Crippen LogP contribution in [0.4, 0.5) is 0 Å². The zero-order valence-electron chi connectivity index (χ0n) is 32.3. The summed E-state index contributed by atoms with van der Waals surface area (Å²) >= 11 is 0. The Labute approximate surface area is 299 Å². The SMILES string of the molecule is CCCCCCCC/C=C/CCCCCCCCCCCC(=O)O[C@@H](CO)COC(=O)CCCCCCCCCCCCCCCCC. The third-order valence-corrected chi connectivity index (χ3v) is 9.56. The summed E-state index contributed by atoms with van der Waals surface area (Å²) in [6, 6.07) is 0. The molecule has 0 aliphatic heterocycles. The highest BCUT2D eigenvalue weighted by molar-refractivity contribution is 5.70. The van der Waals surface area contributed by atoms with Gasteiger partial charge in [0.25, 0.3) is 0 Å². The Morgan fingerprint density at radius 2 is 0.771 bits per heavy atom. The molecule has 0 saturated heterocycles. The van der Waals surface area contributed by atoms with Gasteiger partial charge in [-0.05, 0) is 38.5 Å². The van der Waals surface area contributed by atoms with Crippen molar-refractivity contribution in [3.05, 3.63) is 12.2 Å². The first kappa shape index (κ1) is 46.6. The van der Waals surface area contributed by atoms with Crippen LogP contribution < -0.4 is 0 Å². The van der Waals surface area contributed by atoms with Gasteiger partial charge in [-0.25, -0.2) is 0 Å². The molecule has 0 rings (SSSR count). The van der Waals surface area contributed by atoms with Crippen molar-refractivity contribution in [2.45, 2.75) is 238 Å². The lowest BCUT2D eigenvalue weighted by molar-refractivity contribution is -0.161. The molecule has 5 nitrogen and oxygen atoms in total. The average Bonchev–Trinajstić information content (AvgIpc) is 3.09. The van der Waals surface area contributed by atoms with Crippen LogP contribution in [0.1, 0.15) is 232 Å². The van der Waals surface area contributed by atoms with E-state index in [1.165, 1.54) is 173 Å². The van der Waals surface area contributed by atoms with Crippen LogP contribution in [0.25, 0.3) is 0 Å². The van der Waals surface area contributed by atoms with Crippen LogP contribution in [-0.4, -0.2) is 36.4 Å². The summed E-state index contributed by atoms with van der Waals surface area (Å²) in [6.07, 6.45) is 45.6. The summed E-state index contributed by atoms with van der Waals surface area (Å²) in [5.74, 6) is -0.580. The van der Waals surface area contributed by atoms with Gasteiger partial charge in [0, 0.05) is 12.8 Å². The molecule has 0 aromatic carbocycles. The lowest BCUT2D eigenvalue weighted by Gasteiger charge is -2.15. The molecule has 0 aliphatic carbocycles. The van der Waals surface area contributed by atoms with Gasteiger partial charge < -0.3 is 14.6 Å². The van der Waals surface area contributed by atoms with E-state index in [0.29, 0.717) is 12.8 Å². The van der Waals surface area contributed by atoms with Gasteiger partial charge in [0.1, 0.15) is 6.61 Å². The van der Waals surface area contributed by atoms with Crippen LogP contribution in [0, 0.1) is 0 Å². The van der Waals surface area contributed by atoms with E-state index in [1.54, 1.807) is 0 Å². The maximum Gasteiger partial charge on any atom is 0.306 e. The molecule has 284 valence electrons. The molecule has 0 saturated carbocycles. The molecule has 0 aliphatic rings. The highest BCUT2D eigenvalue weighted by atomic mass is 16.6. The molecule has 0 spiro atoms. The Bertz CT molecular complexity index is 691. The standard InChI is InChI=1S/C43H82O5/c1-3-5-7-9-11-13-15-17-19-20-21-22-24-26-28-30-32-34-36-38-43(46)48-41(39-44)40-47-42(45)37-35-33-31-29-27-25-23-18-16-14-12-10-8-6-4-2/h17,19,41,44H,3-16,18,20-40H2,1-2H3/b19-17+/t41-/m0/s1. The van der Waals surface area contributed by atoms with E-state index < -0.39 is 6.10 Å². The highest BCUT2D eigenvalue weighted by Gasteiger charge is 2.16. The minimum absolute atomic E-state index is 0.0602. The van der Waals surface area contributed by atoms with Gasteiger partial charge in [0.2, 0.25) is 0 Å². The number of ether oxygens (including phenoxy) is 2. The Morgan fingerprint density at radius 1 is 0.458 bits per heavy atom. The lowest BCUT2D eigenvalue weighted by atomic mass is 10.0. The quantitative estimate of drug-likeness (QED) is 0.0398. The summed E-state index contributed by atoms with van der Waals surface area (Å²) < 4.78 is 10.6. The Kier molecular flexibility index (Phi) is 38.9. The minimum Gasteiger partial charge on any atom is -0.462 e. The number of unbranched alkanes of at least 4 members (excludes halogenated alkanes) is 29. The average molecular weight is 679 g/mol. The molecule has 5 heteroatoms.